The monoisotopic (exact) mass is 685 g/mol. The molecule has 0 atom stereocenters. The minimum absolute atomic E-state index is 0.347. The van der Waals surface area contributed by atoms with Gasteiger partial charge < -0.3 is 19.7 Å². The first kappa shape index (κ1) is 24.9. The molecule has 0 saturated carbocycles. The van der Waals surface area contributed by atoms with Crippen molar-refractivity contribution in [1.82, 2.24) is 15.0 Å². The van der Waals surface area contributed by atoms with Crippen molar-refractivity contribution in [2.75, 3.05) is 49.1 Å². The number of aromatic nitrogens is 3. The Morgan fingerprint density at radius 3 is 2.59 bits per heavy atom. The standard InChI is InChI=1S/C23H25I2N7O2/c1-14-4-5-15(2)19(10-14)27-21-28-22(30-23(29-21)32-6-8-34-9-7-32)31-26-13-16-11-17(24)12-18(25)20(16)33-3/h4-5,10-13H,6-9H2,1-3H3,(H2,27,28,29,30,31). The second kappa shape index (κ2) is 11.4. The largest absolute Gasteiger partial charge is 0.495 e. The van der Waals surface area contributed by atoms with Crippen LogP contribution in [0.4, 0.5) is 23.5 Å². The van der Waals surface area contributed by atoms with Gasteiger partial charge in [-0.05, 0) is 88.4 Å². The number of hydrazone groups is 1. The van der Waals surface area contributed by atoms with Crippen LogP contribution in [0.15, 0.2) is 35.4 Å². The molecule has 0 aliphatic carbocycles. The molecule has 9 nitrogen and oxygen atoms in total. The molecule has 0 bridgehead atoms. The maximum absolute atomic E-state index is 5.54. The van der Waals surface area contributed by atoms with Crippen molar-refractivity contribution in [3.8, 4) is 5.75 Å². The van der Waals surface area contributed by atoms with Gasteiger partial charge in [-0.25, -0.2) is 5.43 Å². The van der Waals surface area contributed by atoms with Gasteiger partial charge in [0.1, 0.15) is 5.75 Å². The smallest absolute Gasteiger partial charge is 0.250 e. The van der Waals surface area contributed by atoms with Crippen LogP contribution < -0.4 is 20.4 Å². The van der Waals surface area contributed by atoms with Crippen molar-refractivity contribution >= 4 is 74.9 Å². The zero-order valence-corrected chi connectivity index (χ0v) is 23.4. The van der Waals surface area contributed by atoms with E-state index in [1.54, 1.807) is 13.3 Å². The number of rotatable bonds is 7. The van der Waals surface area contributed by atoms with Gasteiger partial charge in [0.25, 0.3) is 0 Å². The van der Waals surface area contributed by atoms with Gasteiger partial charge in [0.15, 0.2) is 0 Å². The molecule has 1 fully saturated rings. The van der Waals surface area contributed by atoms with Gasteiger partial charge in [-0.1, -0.05) is 12.1 Å². The highest BCUT2D eigenvalue weighted by Gasteiger charge is 2.17. The van der Waals surface area contributed by atoms with E-state index < -0.39 is 0 Å². The van der Waals surface area contributed by atoms with Crippen molar-refractivity contribution in [2.24, 2.45) is 5.10 Å². The zero-order valence-electron chi connectivity index (χ0n) is 19.1. The van der Waals surface area contributed by atoms with Crippen LogP contribution in [0.2, 0.25) is 0 Å². The van der Waals surface area contributed by atoms with Gasteiger partial charge in [-0.3, -0.25) is 0 Å². The lowest BCUT2D eigenvalue weighted by Crippen LogP contribution is -2.37. The van der Waals surface area contributed by atoms with E-state index in [2.05, 4.69) is 112 Å². The summed E-state index contributed by atoms with van der Waals surface area (Å²) in [6.07, 6.45) is 1.71. The molecule has 2 heterocycles. The Hall–Kier alpha value is -2.26. The van der Waals surface area contributed by atoms with E-state index in [0.29, 0.717) is 44.1 Å². The fourth-order valence-corrected chi connectivity index (χ4v) is 5.53. The highest BCUT2D eigenvalue weighted by molar-refractivity contribution is 14.1. The highest BCUT2D eigenvalue weighted by atomic mass is 127. The normalized spacial score (nSPS) is 13.9. The molecule has 178 valence electrons. The van der Waals surface area contributed by atoms with Crippen LogP contribution in [0.5, 0.6) is 5.75 Å². The Kier molecular flexibility index (Phi) is 8.37. The number of ether oxygens (including phenoxy) is 2. The van der Waals surface area contributed by atoms with Crippen molar-refractivity contribution in [3.05, 3.63) is 54.2 Å². The summed E-state index contributed by atoms with van der Waals surface area (Å²) in [5.41, 5.74) is 7.03. The maximum atomic E-state index is 5.54. The third-order valence-corrected chi connectivity index (χ3v) is 6.59. The number of morpholine rings is 1. The van der Waals surface area contributed by atoms with Crippen LogP contribution in [-0.2, 0) is 4.74 Å². The number of anilines is 4. The average molecular weight is 685 g/mol. The molecule has 0 unspecified atom stereocenters. The second-order valence-corrected chi connectivity index (χ2v) is 10.1. The van der Waals surface area contributed by atoms with Gasteiger partial charge in [0.05, 0.1) is 30.1 Å². The van der Waals surface area contributed by atoms with Gasteiger partial charge in [-0.2, -0.15) is 20.1 Å². The molecule has 0 spiro atoms. The van der Waals surface area contributed by atoms with E-state index in [4.69, 9.17) is 9.47 Å². The summed E-state index contributed by atoms with van der Waals surface area (Å²) in [4.78, 5) is 15.9. The number of benzene rings is 2. The molecule has 1 saturated heterocycles. The molecule has 34 heavy (non-hydrogen) atoms. The fraction of sp³-hybridized carbons (Fsp3) is 0.304. The Balaban J connectivity index is 1.63. The van der Waals surface area contributed by atoms with Crippen LogP contribution >= 0.6 is 45.2 Å². The number of nitrogens with zero attached hydrogens (tertiary/aromatic N) is 5. The van der Waals surface area contributed by atoms with Crippen LogP contribution in [0.1, 0.15) is 16.7 Å². The molecule has 2 aromatic carbocycles. The number of hydrogen-bond donors (Lipinski definition) is 2. The number of halogens is 2. The van der Waals surface area contributed by atoms with Gasteiger partial charge in [0, 0.05) is 27.9 Å². The molecule has 0 amide bonds. The molecule has 4 rings (SSSR count). The number of nitrogens with one attached hydrogen (secondary N) is 2. The maximum Gasteiger partial charge on any atom is 0.250 e. The zero-order chi connectivity index (χ0) is 24.1. The Bertz CT molecular complexity index is 1200. The first-order valence-corrected chi connectivity index (χ1v) is 12.8. The Morgan fingerprint density at radius 2 is 1.82 bits per heavy atom. The van der Waals surface area contributed by atoms with Crippen molar-refractivity contribution in [1.29, 1.82) is 0 Å². The predicted molar refractivity (Wildman–Crippen MR) is 152 cm³/mol. The summed E-state index contributed by atoms with van der Waals surface area (Å²) in [6.45, 7) is 6.81. The lowest BCUT2D eigenvalue weighted by Gasteiger charge is -2.27. The first-order chi connectivity index (χ1) is 16.4. The third-order valence-electron chi connectivity index (χ3n) is 5.17. The van der Waals surface area contributed by atoms with E-state index in [9.17, 15) is 0 Å². The van der Waals surface area contributed by atoms with E-state index in [-0.39, 0.29) is 0 Å². The van der Waals surface area contributed by atoms with Gasteiger partial charge >= 0.3 is 0 Å². The molecule has 1 aliphatic heterocycles. The SMILES string of the molecule is COc1c(I)cc(I)cc1C=NNc1nc(Nc2cc(C)ccc2C)nc(N2CCOCC2)n1. The van der Waals surface area contributed by atoms with Crippen molar-refractivity contribution in [3.63, 3.8) is 0 Å². The van der Waals surface area contributed by atoms with Crippen LogP contribution in [-0.4, -0.2) is 54.6 Å². The molecule has 0 radical (unpaired) electrons. The summed E-state index contributed by atoms with van der Waals surface area (Å²) in [5.74, 6) is 2.14. The van der Waals surface area contributed by atoms with Gasteiger partial charge in [0.2, 0.25) is 17.8 Å². The average Bonchev–Trinajstić information content (AvgIpc) is 2.82. The number of aryl methyl sites for hydroxylation is 2. The number of methoxy groups -OCH3 is 1. The summed E-state index contributed by atoms with van der Waals surface area (Å²) in [7, 11) is 1.65. The molecule has 2 N–H and O–H groups in total. The van der Waals surface area contributed by atoms with Crippen molar-refractivity contribution < 1.29 is 9.47 Å². The molecule has 11 heteroatoms. The fourth-order valence-electron chi connectivity index (χ4n) is 3.42. The second-order valence-electron chi connectivity index (χ2n) is 7.71. The minimum atomic E-state index is 0.347. The van der Waals surface area contributed by atoms with E-state index >= 15 is 0 Å². The van der Waals surface area contributed by atoms with E-state index in [1.807, 2.05) is 13.0 Å². The molecular weight excluding hydrogens is 660 g/mol. The quantitative estimate of drug-likeness (QED) is 0.210. The summed E-state index contributed by atoms with van der Waals surface area (Å²) in [6, 6.07) is 10.3. The minimum Gasteiger partial charge on any atom is -0.495 e. The Morgan fingerprint density at radius 1 is 1.06 bits per heavy atom. The molecule has 3 aromatic rings. The summed E-state index contributed by atoms with van der Waals surface area (Å²) < 4.78 is 13.1. The van der Waals surface area contributed by atoms with Gasteiger partial charge in [-0.15, -0.1) is 0 Å². The number of hydrogen-bond acceptors (Lipinski definition) is 9. The topological polar surface area (TPSA) is 96.8 Å². The predicted octanol–water partition coefficient (Wildman–Crippen LogP) is 4.73. The van der Waals surface area contributed by atoms with Crippen molar-refractivity contribution in [2.45, 2.75) is 13.8 Å². The Labute approximate surface area is 226 Å². The molecular formula is C23H25I2N7O2. The molecule has 1 aromatic heterocycles. The lowest BCUT2D eigenvalue weighted by molar-refractivity contribution is 0.122. The molecule has 1 aliphatic rings. The lowest BCUT2D eigenvalue weighted by atomic mass is 10.1. The van der Waals surface area contributed by atoms with Crippen LogP contribution in [0, 0.1) is 21.0 Å². The van der Waals surface area contributed by atoms with Crippen LogP contribution in [0.3, 0.4) is 0 Å². The first-order valence-electron chi connectivity index (χ1n) is 10.7. The highest BCUT2D eigenvalue weighted by Crippen LogP contribution is 2.27. The van der Waals surface area contributed by atoms with E-state index in [0.717, 1.165) is 35.3 Å². The third kappa shape index (κ3) is 6.24. The van der Waals surface area contributed by atoms with Crippen LogP contribution in [0.25, 0.3) is 0 Å². The summed E-state index contributed by atoms with van der Waals surface area (Å²) in [5, 5.41) is 7.72. The van der Waals surface area contributed by atoms with E-state index in [1.165, 1.54) is 0 Å². The summed E-state index contributed by atoms with van der Waals surface area (Å²) >= 11 is 4.53.